The molecule has 1 N–H and O–H groups in total. The molecule has 294 valence electrons. The quantitative estimate of drug-likeness (QED) is 0.134. The number of carbonyl (C=O) groups excluding carboxylic acids is 8. The zero-order valence-corrected chi connectivity index (χ0v) is 31.7. The summed E-state index contributed by atoms with van der Waals surface area (Å²) in [6.07, 6.45) is -8.55. The molecule has 0 aromatic heterocycles. The first-order valence-electron chi connectivity index (χ1n) is 17.0. The van der Waals surface area contributed by atoms with Crippen molar-refractivity contribution in [3.8, 4) is 0 Å². The number of hydrogen-bond donors (Lipinski definition) is 1. The number of alkyl carbamates (subject to hydrolysis) is 1. The van der Waals surface area contributed by atoms with E-state index in [1.807, 2.05) is 0 Å². The zero-order chi connectivity index (χ0) is 40.6. The normalized spacial score (nSPS) is 21.0. The van der Waals surface area contributed by atoms with Crippen LogP contribution in [0.4, 0.5) is 4.79 Å². The fourth-order valence-electron chi connectivity index (χ4n) is 5.90. The molecule has 2 aliphatic rings. The second-order valence-electron chi connectivity index (χ2n) is 13.4. The number of thiocarbonyl (C=S) groups is 1. The first kappa shape index (κ1) is 42.0. The Morgan fingerprint density at radius 3 is 1.95 bits per heavy atom. The molecule has 17 nitrogen and oxygen atoms in total. The average Bonchev–Trinajstić information content (AvgIpc) is 3.35. The molecular weight excluding hydrogens is 742 g/mol. The van der Waals surface area contributed by atoms with Gasteiger partial charge in [0.2, 0.25) is 5.91 Å². The Hall–Kier alpha value is -5.75. The van der Waals surface area contributed by atoms with Crippen molar-refractivity contribution >= 4 is 65.4 Å². The summed E-state index contributed by atoms with van der Waals surface area (Å²) in [4.78, 5) is 107. The lowest BCUT2D eigenvalue weighted by molar-refractivity contribution is -0.246. The van der Waals surface area contributed by atoms with Crippen LogP contribution in [0.15, 0.2) is 54.6 Å². The number of ether oxygens (including phenoxy) is 6. The minimum atomic E-state index is -1.83. The average molecular weight is 784 g/mol. The van der Waals surface area contributed by atoms with Crippen molar-refractivity contribution in [2.24, 2.45) is 0 Å². The lowest BCUT2D eigenvalue weighted by atomic mass is 9.93. The number of carbonyl (C=O) groups is 8. The number of hydrogen-bond acceptors (Lipinski definition) is 15. The van der Waals surface area contributed by atoms with Crippen LogP contribution in [-0.4, -0.2) is 112 Å². The van der Waals surface area contributed by atoms with Gasteiger partial charge in [0.15, 0.2) is 18.4 Å². The van der Waals surface area contributed by atoms with Gasteiger partial charge >= 0.3 is 30.0 Å². The second kappa shape index (κ2) is 18.1. The Balaban J connectivity index is 1.79. The predicted octanol–water partition coefficient (Wildman–Crippen LogP) is 2.62. The number of imide groups is 1. The number of rotatable bonds is 13. The molecule has 2 aromatic rings. The highest BCUT2D eigenvalue weighted by Gasteiger charge is 2.58. The third-order valence-electron chi connectivity index (χ3n) is 8.07. The van der Waals surface area contributed by atoms with Crippen LogP contribution in [0.1, 0.15) is 74.2 Å². The van der Waals surface area contributed by atoms with E-state index in [0.717, 1.165) is 31.2 Å². The van der Waals surface area contributed by atoms with Crippen molar-refractivity contribution in [3.63, 3.8) is 0 Å². The van der Waals surface area contributed by atoms with Crippen LogP contribution < -0.4 is 5.32 Å². The largest absolute Gasteiger partial charge is 0.463 e. The Labute approximate surface area is 321 Å². The predicted molar refractivity (Wildman–Crippen MR) is 192 cm³/mol. The Morgan fingerprint density at radius 1 is 0.855 bits per heavy atom. The van der Waals surface area contributed by atoms with Gasteiger partial charge in [-0.15, -0.1) is 0 Å². The molecule has 18 heteroatoms. The number of amides is 4. The number of fused-ring (bicyclic) bond motifs is 1. The van der Waals surface area contributed by atoms with Crippen molar-refractivity contribution in [3.05, 3.63) is 71.3 Å². The Bertz CT molecular complexity index is 1800. The van der Waals surface area contributed by atoms with Gasteiger partial charge in [-0.2, -0.15) is 0 Å². The summed E-state index contributed by atoms with van der Waals surface area (Å²) in [5, 5.41) is 2.34. The maximum Gasteiger partial charge on any atom is 0.408 e. The summed E-state index contributed by atoms with van der Waals surface area (Å²) in [7, 11) is 0. The highest BCUT2D eigenvalue weighted by atomic mass is 32.1. The van der Waals surface area contributed by atoms with Gasteiger partial charge < -0.3 is 33.7 Å². The van der Waals surface area contributed by atoms with E-state index in [0.29, 0.717) is 10.5 Å². The zero-order valence-electron chi connectivity index (χ0n) is 30.9. The van der Waals surface area contributed by atoms with Crippen molar-refractivity contribution in [2.75, 3.05) is 6.61 Å². The molecule has 4 amide bonds. The minimum Gasteiger partial charge on any atom is -0.463 e. The molecule has 6 atom stereocenters. The number of esters is 4. The second-order valence-corrected chi connectivity index (χ2v) is 13.6. The summed E-state index contributed by atoms with van der Waals surface area (Å²) in [6.45, 7) is 7.07. The van der Waals surface area contributed by atoms with E-state index >= 15 is 0 Å². The van der Waals surface area contributed by atoms with Crippen LogP contribution in [0.2, 0.25) is 0 Å². The monoisotopic (exact) mass is 783 g/mol. The lowest BCUT2D eigenvalue weighted by Gasteiger charge is -2.49. The molecule has 0 radical (unpaired) electrons. The van der Waals surface area contributed by atoms with Gasteiger partial charge in [0.25, 0.3) is 11.8 Å². The maximum atomic E-state index is 14.3. The standard InChI is InChI=1S/C37H41N3O14S/c1-20(41)49-18-27-30(51-21(2)42)31(52-22(3)43)29(40-32(45)24-14-10-11-15-25(24)33(40)46)34(53-27)39(19-55)28(44)16-26(38-36(48)54-37(4,5)6)35(47)50-17-23-12-8-7-9-13-23/h7-15,19,26-27,29-31,34H,16-18H2,1-6H3,(H,38,48)/t26-,27+,29+,30+,31+,34+/m0/s1. The van der Waals surface area contributed by atoms with Crippen molar-refractivity contribution in [1.29, 1.82) is 0 Å². The maximum absolute atomic E-state index is 14.3. The van der Waals surface area contributed by atoms with Crippen LogP contribution in [-0.2, 0) is 59.0 Å². The first-order valence-corrected chi connectivity index (χ1v) is 17.5. The molecule has 55 heavy (non-hydrogen) atoms. The van der Waals surface area contributed by atoms with Gasteiger partial charge in [-0.3, -0.25) is 38.6 Å². The fraction of sp³-hybridized carbons (Fsp3) is 0.432. The first-order chi connectivity index (χ1) is 25.9. The molecule has 0 spiro atoms. The third kappa shape index (κ3) is 10.7. The van der Waals surface area contributed by atoms with Crippen LogP contribution in [0.25, 0.3) is 0 Å². The van der Waals surface area contributed by atoms with E-state index in [1.54, 1.807) is 51.1 Å². The van der Waals surface area contributed by atoms with Gasteiger partial charge in [0.05, 0.1) is 23.0 Å². The molecule has 2 aromatic carbocycles. The highest BCUT2D eigenvalue weighted by molar-refractivity contribution is 7.78. The van der Waals surface area contributed by atoms with E-state index in [2.05, 4.69) is 5.32 Å². The summed E-state index contributed by atoms with van der Waals surface area (Å²) in [6, 6.07) is 11.0. The molecule has 2 heterocycles. The van der Waals surface area contributed by atoms with Crippen LogP contribution >= 0.6 is 12.2 Å². The van der Waals surface area contributed by atoms with E-state index in [4.69, 9.17) is 40.6 Å². The molecule has 1 saturated heterocycles. The van der Waals surface area contributed by atoms with Gasteiger partial charge in [-0.1, -0.05) is 54.7 Å². The Morgan fingerprint density at radius 2 is 1.42 bits per heavy atom. The topological polar surface area (TPSA) is 210 Å². The smallest absolute Gasteiger partial charge is 0.408 e. The van der Waals surface area contributed by atoms with E-state index in [9.17, 15) is 38.4 Å². The summed E-state index contributed by atoms with van der Waals surface area (Å²) in [5.41, 5.74) is 0.362. The molecule has 0 aliphatic carbocycles. The summed E-state index contributed by atoms with van der Waals surface area (Å²) in [5.74, 6) is -6.41. The molecule has 0 saturated carbocycles. The summed E-state index contributed by atoms with van der Waals surface area (Å²) >= 11 is 5.26. The van der Waals surface area contributed by atoms with Gasteiger partial charge in [-0.25, -0.2) is 9.59 Å². The Kier molecular flexibility index (Phi) is 13.8. The fourth-order valence-corrected chi connectivity index (χ4v) is 6.14. The van der Waals surface area contributed by atoms with Crippen LogP contribution in [0.3, 0.4) is 0 Å². The third-order valence-corrected chi connectivity index (χ3v) is 8.29. The molecule has 2 aliphatic heterocycles. The van der Waals surface area contributed by atoms with Crippen molar-refractivity contribution in [2.45, 2.75) is 96.8 Å². The van der Waals surface area contributed by atoms with Gasteiger partial charge in [0, 0.05) is 20.8 Å². The van der Waals surface area contributed by atoms with E-state index < -0.39 is 103 Å². The van der Waals surface area contributed by atoms with Crippen molar-refractivity contribution < 1.29 is 66.8 Å². The van der Waals surface area contributed by atoms with Crippen LogP contribution in [0.5, 0.6) is 0 Å². The molecule has 4 rings (SSSR count). The van der Waals surface area contributed by atoms with Gasteiger partial charge in [0.1, 0.15) is 37.0 Å². The SMILES string of the molecule is CC(=O)OC[C@H]1O[C@@H](N(C=S)C(=O)C[C@H](NC(=O)OC(C)(C)C)C(=O)OCc2ccccc2)[C@H](N2C(=O)c3ccccc3C2=O)[C@@H](OC(C)=O)[C@@H]1OC(C)=O. The highest BCUT2D eigenvalue weighted by Crippen LogP contribution is 2.36. The lowest BCUT2D eigenvalue weighted by Crippen LogP contribution is -2.71. The van der Waals surface area contributed by atoms with Gasteiger partial charge in [-0.05, 0) is 38.5 Å². The molecule has 0 unspecified atom stereocenters. The van der Waals surface area contributed by atoms with E-state index in [-0.39, 0.29) is 17.7 Å². The van der Waals surface area contributed by atoms with E-state index in [1.165, 1.54) is 24.3 Å². The summed E-state index contributed by atoms with van der Waals surface area (Å²) < 4.78 is 33.3. The van der Waals surface area contributed by atoms with Crippen LogP contribution in [0, 0.1) is 0 Å². The van der Waals surface area contributed by atoms with Crippen molar-refractivity contribution in [1.82, 2.24) is 15.1 Å². The number of benzene rings is 2. The number of nitrogens with zero attached hydrogens (tertiary/aromatic N) is 2. The minimum absolute atomic E-state index is 0.0260. The molecule has 1 fully saturated rings. The molecular formula is C37H41N3O14S. The molecule has 0 bridgehead atoms. The number of nitrogens with one attached hydrogen (secondary N) is 1.